The maximum Gasteiger partial charge on any atom is 0.270 e. The van der Waals surface area contributed by atoms with Crippen LogP contribution in [0.1, 0.15) is 60.6 Å². The fourth-order valence-corrected chi connectivity index (χ4v) is 7.92. The molecule has 2 atom stereocenters. The number of aromatic hydroxyl groups is 1. The summed E-state index contributed by atoms with van der Waals surface area (Å²) in [5.41, 5.74) is 1.59. The van der Waals surface area contributed by atoms with E-state index < -0.39 is 39.8 Å². The number of ether oxygens (including phenoxy) is 2. The zero-order chi connectivity index (χ0) is 36.4. The number of aromatic nitrogens is 1. The first-order valence-electron chi connectivity index (χ1n) is 16.9. The van der Waals surface area contributed by atoms with E-state index in [1.54, 1.807) is 6.07 Å². The summed E-state index contributed by atoms with van der Waals surface area (Å²) >= 11 is 0. The molecule has 2 heterocycles. The Morgan fingerprint density at radius 3 is 2.18 bits per heavy atom. The molecule has 2 amide bonds. The fraction of sp³-hybridized carbons (Fsp3) is 0.342. The van der Waals surface area contributed by atoms with Crippen LogP contribution in [-0.4, -0.2) is 78.3 Å². The molecule has 0 aliphatic carbocycles. The molecular weight excluding hydrogens is 673 g/mol. The largest absolute Gasteiger partial charge is 0.493 e. The quantitative estimate of drug-likeness (QED) is 0.116. The van der Waals surface area contributed by atoms with E-state index in [9.17, 15) is 28.2 Å². The van der Waals surface area contributed by atoms with Crippen LogP contribution in [0.15, 0.2) is 102 Å². The van der Waals surface area contributed by atoms with E-state index in [-0.39, 0.29) is 48.9 Å². The number of carbonyl (C=O) groups excluding carboxylic acids is 2. The number of nitrogens with one attached hydrogen (secondary N) is 2. The molecule has 51 heavy (non-hydrogen) atoms. The molecule has 12 nitrogen and oxygen atoms in total. The van der Waals surface area contributed by atoms with Crippen LogP contribution >= 0.6 is 0 Å². The maximum absolute atomic E-state index is 14.0. The van der Waals surface area contributed by atoms with E-state index >= 15 is 0 Å². The van der Waals surface area contributed by atoms with Gasteiger partial charge in [0, 0.05) is 37.2 Å². The molecule has 1 aromatic heterocycles. The molecule has 3 aromatic carbocycles. The standard InChI is InChI=1S/C38H44N4O8S/c1-26(2)23-42(51(47,48)30-19-20-32-33(22-30)50-25-49-32)29(24-43)16-9-10-21-39-38(46)36(41-37(45)31-17-11-18-34(44)40-31)35(27-12-5-3-6-13-27)28-14-7-4-8-15-28/h3-8,11-15,17-20,22,26,29,35-36,43H,9-10,16,21,23-25H2,1-2H3,(H,39,46)(H,40,44)(H,41,45)/t29-,36-/m0/s1. The maximum atomic E-state index is 14.0. The highest BCUT2D eigenvalue weighted by Crippen LogP contribution is 2.35. The number of rotatable bonds is 17. The fourth-order valence-electron chi connectivity index (χ4n) is 6.09. The van der Waals surface area contributed by atoms with Crippen molar-refractivity contribution in [2.24, 2.45) is 5.92 Å². The van der Waals surface area contributed by atoms with Crippen LogP contribution in [0.4, 0.5) is 0 Å². The molecule has 270 valence electrons. The van der Waals surface area contributed by atoms with Gasteiger partial charge < -0.3 is 30.3 Å². The SMILES string of the molecule is CC(C)CN([C@H](CO)CCCCNC(=O)[C@@H](NC(=O)c1cccc(O)n1)C(c1ccccc1)c1ccccc1)S(=O)(=O)c1ccc2c(c1)OCO2. The molecule has 0 unspecified atom stereocenters. The van der Waals surface area contributed by atoms with Gasteiger partial charge in [0.15, 0.2) is 11.5 Å². The van der Waals surface area contributed by atoms with Crippen molar-refractivity contribution in [1.82, 2.24) is 19.9 Å². The number of carbonyl (C=O) groups is 2. The van der Waals surface area contributed by atoms with Crippen molar-refractivity contribution in [3.05, 3.63) is 114 Å². The molecule has 0 spiro atoms. The van der Waals surface area contributed by atoms with Crippen LogP contribution < -0.4 is 20.1 Å². The molecule has 0 fully saturated rings. The van der Waals surface area contributed by atoms with E-state index in [1.165, 1.54) is 34.6 Å². The van der Waals surface area contributed by atoms with E-state index in [1.807, 2.05) is 74.5 Å². The summed E-state index contributed by atoms with van der Waals surface area (Å²) < 4.78 is 39.8. The van der Waals surface area contributed by atoms with Crippen molar-refractivity contribution in [2.45, 2.75) is 56.0 Å². The molecule has 4 N–H and O–H groups in total. The minimum Gasteiger partial charge on any atom is -0.493 e. The van der Waals surface area contributed by atoms with Crippen molar-refractivity contribution < 1.29 is 37.7 Å². The van der Waals surface area contributed by atoms with Crippen molar-refractivity contribution >= 4 is 21.8 Å². The van der Waals surface area contributed by atoms with Gasteiger partial charge in [0.2, 0.25) is 28.6 Å². The topological polar surface area (TPSA) is 167 Å². The van der Waals surface area contributed by atoms with Gasteiger partial charge in [-0.15, -0.1) is 0 Å². The van der Waals surface area contributed by atoms with Gasteiger partial charge in [-0.2, -0.15) is 4.31 Å². The predicted molar refractivity (Wildman–Crippen MR) is 191 cm³/mol. The summed E-state index contributed by atoms with van der Waals surface area (Å²) in [5.74, 6) is -1.10. The van der Waals surface area contributed by atoms with Crippen LogP contribution in [0.5, 0.6) is 17.4 Å². The second-order valence-corrected chi connectivity index (χ2v) is 14.6. The molecule has 5 rings (SSSR count). The number of aliphatic hydroxyl groups is 1. The van der Waals surface area contributed by atoms with Crippen LogP contribution in [0.25, 0.3) is 0 Å². The average Bonchev–Trinajstić information content (AvgIpc) is 3.61. The zero-order valence-electron chi connectivity index (χ0n) is 28.6. The molecule has 1 aliphatic heterocycles. The summed E-state index contributed by atoms with van der Waals surface area (Å²) in [6.45, 7) is 3.91. The zero-order valence-corrected chi connectivity index (χ0v) is 29.5. The molecule has 0 saturated heterocycles. The Morgan fingerprint density at radius 1 is 0.882 bits per heavy atom. The number of aliphatic hydroxyl groups excluding tert-OH is 1. The number of sulfonamides is 1. The van der Waals surface area contributed by atoms with Gasteiger partial charge in [-0.25, -0.2) is 13.4 Å². The minimum atomic E-state index is -3.99. The lowest BCUT2D eigenvalue weighted by Gasteiger charge is -2.31. The lowest BCUT2D eigenvalue weighted by molar-refractivity contribution is -0.123. The van der Waals surface area contributed by atoms with Gasteiger partial charge in [0.05, 0.1) is 11.5 Å². The summed E-state index contributed by atoms with van der Waals surface area (Å²) in [5, 5.41) is 26.1. The summed E-state index contributed by atoms with van der Waals surface area (Å²) in [4.78, 5) is 31.3. The molecule has 13 heteroatoms. The Morgan fingerprint density at radius 2 is 1.55 bits per heavy atom. The second kappa shape index (κ2) is 17.3. The third-order valence-corrected chi connectivity index (χ3v) is 10.5. The molecule has 0 radical (unpaired) electrons. The Kier molecular flexibility index (Phi) is 12.6. The Hall–Kier alpha value is -4.98. The van der Waals surface area contributed by atoms with Gasteiger partial charge in [0.25, 0.3) is 5.91 Å². The van der Waals surface area contributed by atoms with Crippen molar-refractivity contribution in [1.29, 1.82) is 0 Å². The molecule has 0 bridgehead atoms. The van der Waals surface area contributed by atoms with Crippen molar-refractivity contribution in [3.8, 4) is 17.4 Å². The highest BCUT2D eigenvalue weighted by atomic mass is 32.2. The highest BCUT2D eigenvalue weighted by molar-refractivity contribution is 7.89. The van der Waals surface area contributed by atoms with Gasteiger partial charge in [-0.05, 0) is 48.1 Å². The monoisotopic (exact) mass is 716 g/mol. The predicted octanol–water partition coefficient (Wildman–Crippen LogP) is 4.44. The minimum absolute atomic E-state index is 0.00787. The first kappa shape index (κ1) is 37.3. The Balaban J connectivity index is 1.29. The number of nitrogens with zero attached hydrogens (tertiary/aromatic N) is 2. The van der Waals surface area contributed by atoms with E-state index in [0.717, 1.165) is 11.1 Å². The number of pyridine rings is 1. The van der Waals surface area contributed by atoms with E-state index in [2.05, 4.69) is 15.6 Å². The normalized spacial score (nSPS) is 13.7. The Bertz CT molecular complexity index is 1840. The number of amides is 2. The Labute approximate surface area is 298 Å². The highest BCUT2D eigenvalue weighted by Gasteiger charge is 2.34. The van der Waals surface area contributed by atoms with E-state index in [0.29, 0.717) is 30.8 Å². The second-order valence-electron chi connectivity index (χ2n) is 12.7. The van der Waals surface area contributed by atoms with Gasteiger partial charge >= 0.3 is 0 Å². The van der Waals surface area contributed by atoms with Crippen molar-refractivity contribution in [3.63, 3.8) is 0 Å². The smallest absolute Gasteiger partial charge is 0.270 e. The number of fused-ring (bicyclic) bond motifs is 1. The van der Waals surface area contributed by atoms with Gasteiger partial charge in [0.1, 0.15) is 11.7 Å². The number of unbranched alkanes of at least 4 members (excludes halogenated alkanes) is 1. The third-order valence-electron chi connectivity index (χ3n) is 8.56. The van der Waals surface area contributed by atoms with E-state index in [4.69, 9.17) is 9.47 Å². The first-order chi connectivity index (χ1) is 24.6. The summed E-state index contributed by atoms with van der Waals surface area (Å²) in [7, 11) is -3.99. The number of hydrogen-bond acceptors (Lipinski definition) is 9. The molecule has 1 aliphatic rings. The average molecular weight is 717 g/mol. The molecular formula is C38H44N4O8S. The summed E-state index contributed by atoms with van der Waals surface area (Å²) in [6, 6.07) is 25.8. The van der Waals surface area contributed by atoms with Crippen LogP contribution in [0.3, 0.4) is 0 Å². The van der Waals surface area contributed by atoms with Crippen molar-refractivity contribution in [2.75, 3.05) is 26.5 Å². The summed E-state index contributed by atoms with van der Waals surface area (Å²) in [6.07, 6.45) is 1.34. The first-order valence-corrected chi connectivity index (χ1v) is 18.4. The van der Waals surface area contributed by atoms with Gasteiger partial charge in [-0.1, -0.05) is 87.0 Å². The number of benzene rings is 3. The van der Waals surface area contributed by atoms with Crippen LogP contribution in [-0.2, 0) is 14.8 Å². The molecule has 0 saturated carbocycles. The van der Waals surface area contributed by atoms with Crippen LogP contribution in [0.2, 0.25) is 0 Å². The third kappa shape index (κ3) is 9.43. The number of hydrogen-bond donors (Lipinski definition) is 4. The molecule has 4 aromatic rings. The van der Waals surface area contributed by atoms with Crippen LogP contribution in [0, 0.1) is 5.92 Å². The van der Waals surface area contributed by atoms with Gasteiger partial charge in [-0.3, -0.25) is 9.59 Å². The lowest BCUT2D eigenvalue weighted by Crippen LogP contribution is -2.50. The lowest BCUT2D eigenvalue weighted by atomic mass is 9.84.